The van der Waals surface area contributed by atoms with Crippen LogP contribution in [-0.2, 0) is 4.79 Å². The van der Waals surface area contributed by atoms with Crippen LogP contribution in [0.4, 0.5) is 11.5 Å². The van der Waals surface area contributed by atoms with E-state index in [4.69, 9.17) is 0 Å². The topological polar surface area (TPSA) is 87.2 Å². The molecular formula is C18H19N5O2. The summed E-state index contributed by atoms with van der Waals surface area (Å²) in [5.41, 5.74) is 1.21. The van der Waals surface area contributed by atoms with Crippen LogP contribution in [0.1, 0.15) is 10.4 Å². The Labute approximate surface area is 145 Å². The van der Waals surface area contributed by atoms with E-state index in [2.05, 4.69) is 27.4 Å². The molecule has 1 fully saturated rings. The predicted octanol–water partition coefficient (Wildman–Crippen LogP) is 1.47. The van der Waals surface area contributed by atoms with E-state index in [1.54, 1.807) is 36.5 Å². The summed E-state index contributed by atoms with van der Waals surface area (Å²) < 4.78 is 0. The number of nitrogens with zero attached hydrogens (tertiary/aromatic N) is 3. The number of aromatic nitrogens is 2. The van der Waals surface area contributed by atoms with Gasteiger partial charge < -0.3 is 15.5 Å². The molecule has 1 aliphatic rings. The van der Waals surface area contributed by atoms with Gasteiger partial charge >= 0.3 is 0 Å². The van der Waals surface area contributed by atoms with Crippen molar-refractivity contribution < 1.29 is 9.59 Å². The van der Waals surface area contributed by atoms with Crippen molar-refractivity contribution in [2.24, 2.45) is 5.92 Å². The van der Waals surface area contributed by atoms with E-state index in [0.717, 1.165) is 5.82 Å². The van der Waals surface area contributed by atoms with E-state index in [-0.39, 0.29) is 17.7 Å². The molecule has 0 saturated carbocycles. The van der Waals surface area contributed by atoms with Gasteiger partial charge in [-0.3, -0.25) is 9.59 Å². The predicted molar refractivity (Wildman–Crippen MR) is 95.3 cm³/mol. The first kappa shape index (κ1) is 16.6. The Hall–Kier alpha value is -3.22. The van der Waals surface area contributed by atoms with Crippen LogP contribution in [-0.4, -0.2) is 41.6 Å². The molecule has 0 bridgehead atoms. The Balaban J connectivity index is 1.50. The number of hydrogen-bond donors (Lipinski definition) is 2. The molecule has 7 heteroatoms. The van der Waals surface area contributed by atoms with Crippen LogP contribution >= 0.6 is 0 Å². The van der Waals surface area contributed by atoms with E-state index >= 15 is 0 Å². The minimum absolute atomic E-state index is 0.0380. The lowest BCUT2D eigenvalue weighted by atomic mass is 9.99. The van der Waals surface area contributed by atoms with Crippen molar-refractivity contribution >= 4 is 23.3 Å². The molecule has 0 atom stereocenters. The number of carbonyl (C=O) groups is 2. The Morgan fingerprint density at radius 1 is 1.24 bits per heavy atom. The maximum atomic E-state index is 12.3. The molecule has 0 radical (unpaired) electrons. The summed E-state index contributed by atoms with van der Waals surface area (Å²) >= 11 is 0. The number of nitrogens with one attached hydrogen (secondary N) is 2. The van der Waals surface area contributed by atoms with E-state index in [1.165, 1.54) is 0 Å². The lowest BCUT2D eigenvalue weighted by Crippen LogP contribution is -2.52. The van der Waals surface area contributed by atoms with E-state index in [1.807, 2.05) is 17.0 Å². The van der Waals surface area contributed by atoms with E-state index in [0.29, 0.717) is 30.9 Å². The van der Waals surface area contributed by atoms with Crippen LogP contribution in [0.3, 0.4) is 0 Å². The first-order valence-corrected chi connectivity index (χ1v) is 8.00. The van der Waals surface area contributed by atoms with E-state index in [9.17, 15) is 9.59 Å². The number of amides is 2. The molecule has 0 aliphatic carbocycles. The third-order valence-electron chi connectivity index (χ3n) is 3.96. The molecule has 1 aromatic carbocycles. The molecule has 1 aromatic heterocycles. The molecule has 1 aliphatic heterocycles. The van der Waals surface area contributed by atoms with Crippen LogP contribution in [0.25, 0.3) is 0 Å². The van der Waals surface area contributed by atoms with Gasteiger partial charge in [0.25, 0.3) is 5.91 Å². The number of anilines is 2. The van der Waals surface area contributed by atoms with Crippen molar-refractivity contribution in [1.29, 1.82) is 0 Å². The van der Waals surface area contributed by atoms with Gasteiger partial charge in [-0.15, -0.1) is 11.7 Å². The van der Waals surface area contributed by atoms with Gasteiger partial charge in [-0.1, -0.05) is 6.08 Å². The smallest absolute Gasteiger partial charge is 0.251 e. The molecule has 1 saturated heterocycles. The highest BCUT2D eigenvalue weighted by atomic mass is 16.2. The fourth-order valence-electron chi connectivity index (χ4n) is 2.51. The average Bonchev–Trinajstić information content (AvgIpc) is 2.60. The van der Waals surface area contributed by atoms with Gasteiger partial charge in [-0.05, 0) is 36.4 Å². The van der Waals surface area contributed by atoms with Gasteiger partial charge in [0.1, 0.15) is 0 Å². The Kier molecular flexibility index (Phi) is 5.03. The zero-order chi connectivity index (χ0) is 17.6. The normalized spacial score (nSPS) is 13.7. The summed E-state index contributed by atoms with van der Waals surface area (Å²) in [6.45, 7) is 5.21. The number of carbonyl (C=O) groups excluding carboxylic acids is 2. The largest absolute Gasteiger partial charge is 0.353 e. The fourth-order valence-corrected chi connectivity index (χ4v) is 2.51. The third kappa shape index (κ3) is 4.00. The quantitative estimate of drug-likeness (QED) is 0.780. The molecule has 3 rings (SSSR count). The Morgan fingerprint density at radius 2 is 2.00 bits per heavy atom. The number of benzene rings is 1. The van der Waals surface area contributed by atoms with Crippen LogP contribution in [0.15, 0.2) is 55.3 Å². The molecule has 2 heterocycles. The minimum Gasteiger partial charge on any atom is -0.353 e. The maximum Gasteiger partial charge on any atom is 0.251 e. The van der Waals surface area contributed by atoms with Gasteiger partial charge in [-0.2, -0.15) is 5.10 Å². The highest BCUT2D eigenvalue weighted by Crippen LogP contribution is 2.23. The van der Waals surface area contributed by atoms with Crippen LogP contribution in [0, 0.1) is 5.92 Å². The van der Waals surface area contributed by atoms with Gasteiger partial charge in [0.2, 0.25) is 5.91 Å². The molecule has 2 N–H and O–H groups in total. The average molecular weight is 337 g/mol. The second-order valence-electron chi connectivity index (χ2n) is 5.75. The SMILES string of the molecule is C=CCNC(=O)c1ccc(NC(=O)C2CN(c3cccnn3)C2)cc1. The van der Waals surface area contributed by atoms with Crippen molar-refractivity contribution in [3.8, 4) is 0 Å². The van der Waals surface area contributed by atoms with Crippen LogP contribution < -0.4 is 15.5 Å². The summed E-state index contributed by atoms with van der Waals surface area (Å²) in [5, 5.41) is 13.4. The van der Waals surface area contributed by atoms with E-state index < -0.39 is 0 Å². The molecular weight excluding hydrogens is 318 g/mol. The highest BCUT2D eigenvalue weighted by molar-refractivity contribution is 5.97. The van der Waals surface area contributed by atoms with Gasteiger partial charge in [0.15, 0.2) is 5.82 Å². The molecule has 0 unspecified atom stereocenters. The van der Waals surface area contributed by atoms with Crippen molar-refractivity contribution in [1.82, 2.24) is 15.5 Å². The van der Waals surface area contributed by atoms with Gasteiger partial charge in [-0.25, -0.2) is 0 Å². The summed E-state index contributed by atoms with van der Waals surface area (Å²) in [5.74, 6) is 0.486. The standard InChI is InChI=1S/C18H19N5O2/c1-2-9-19-17(24)13-5-7-15(8-6-13)21-18(25)14-11-23(12-14)16-4-3-10-20-22-16/h2-8,10,14H,1,9,11-12H2,(H,19,24)(H,21,25). The summed E-state index contributed by atoms with van der Waals surface area (Å²) in [7, 11) is 0. The van der Waals surface area contributed by atoms with Gasteiger partial charge in [0.05, 0.1) is 5.92 Å². The second kappa shape index (κ2) is 7.57. The Morgan fingerprint density at radius 3 is 2.64 bits per heavy atom. The third-order valence-corrected chi connectivity index (χ3v) is 3.96. The monoisotopic (exact) mass is 337 g/mol. The fraction of sp³-hybridized carbons (Fsp3) is 0.222. The number of rotatable bonds is 6. The lowest BCUT2D eigenvalue weighted by Gasteiger charge is -2.38. The van der Waals surface area contributed by atoms with Crippen LogP contribution in [0.2, 0.25) is 0 Å². The van der Waals surface area contributed by atoms with Crippen molar-refractivity contribution in [2.45, 2.75) is 0 Å². The molecule has 2 amide bonds. The zero-order valence-corrected chi connectivity index (χ0v) is 13.7. The van der Waals surface area contributed by atoms with Crippen molar-refractivity contribution in [3.63, 3.8) is 0 Å². The number of hydrogen-bond acceptors (Lipinski definition) is 5. The molecule has 7 nitrogen and oxygen atoms in total. The lowest BCUT2D eigenvalue weighted by molar-refractivity contribution is -0.120. The van der Waals surface area contributed by atoms with Crippen molar-refractivity contribution in [2.75, 3.05) is 29.9 Å². The first-order chi connectivity index (χ1) is 12.2. The molecule has 128 valence electrons. The highest BCUT2D eigenvalue weighted by Gasteiger charge is 2.33. The molecule has 2 aromatic rings. The zero-order valence-electron chi connectivity index (χ0n) is 13.7. The van der Waals surface area contributed by atoms with Crippen LogP contribution in [0.5, 0.6) is 0 Å². The maximum absolute atomic E-state index is 12.3. The first-order valence-electron chi connectivity index (χ1n) is 8.00. The molecule has 25 heavy (non-hydrogen) atoms. The summed E-state index contributed by atoms with van der Waals surface area (Å²) in [4.78, 5) is 26.1. The Bertz CT molecular complexity index is 755. The minimum atomic E-state index is -0.170. The molecule has 0 spiro atoms. The summed E-state index contributed by atoms with van der Waals surface area (Å²) in [6.07, 6.45) is 3.24. The second-order valence-corrected chi connectivity index (χ2v) is 5.75. The van der Waals surface area contributed by atoms with Gasteiger partial charge in [0, 0.05) is 37.1 Å². The summed E-state index contributed by atoms with van der Waals surface area (Å²) in [6, 6.07) is 10.5. The van der Waals surface area contributed by atoms with Crippen molar-refractivity contribution in [3.05, 3.63) is 60.8 Å².